The van der Waals surface area contributed by atoms with E-state index in [1.165, 1.54) is 12.1 Å². The van der Waals surface area contributed by atoms with Gasteiger partial charge in [0.15, 0.2) is 12.6 Å². The number of aryl methyl sites for hydroxylation is 4. The van der Waals surface area contributed by atoms with Gasteiger partial charge in [-0.1, -0.05) is 24.3 Å². The Morgan fingerprint density at radius 3 is 1.76 bits per heavy atom. The number of amides is 1. The molecule has 0 bridgehead atoms. The van der Waals surface area contributed by atoms with Gasteiger partial charge in [0.05, 0.1) is 16.7 Å². The van der Waals surface area contributed by atoms with Crippen molar-refractivity contribution < 1.29 is 29.7 Å². The third-order valence-corrected chi connectivity index (χ3v) is 4.51. The molecule has 3 aromatic carbocycles. The summed E-state index contributed by atoms with van der Waals surface area (Å²) in [5.41, 5.74) is 6.32. The van der Waals surface area contributed by atoms with E-state index >= 15 is 0 Å². The van der Waals surface area contributed by atoms with Crippen molar-refractivity contribution in [3.05, 3.63) is 87.5 Å². The fourth-order valence-corrected chi connectivity index (χ4v) is 3.01. The number of nitrogens with one attached hydrogen (secondary N) is 1. The Labute approximate surface area is 192 Å². The molecular formula is C25H28N2O6. The van der Waals surface area contributed by atoms with Crippen LogP contribution in [0.1, 0.15) is 53.3 Å². The van der Waals surface area contributed by atoms with Crippen molar-refractivity contribution in [2.75, 3.05) is 0 Å². The fourth-order valence-electron chi connectivity index (χ4n) is 3.01. The second-order valence-corrected chi connectivity index (χ2v) is 7.26. The molecule has 0 aliphatic heterocycles. The summed E-state index contributed by atoms with van der Waals surface area (Å²) in [5, 5.41) is 27.6. The third-order valence-electron chi connectivity index (χ3n) is 4.51. The number of hydrogen-bond acceptors (Lipinski definition) is 7. The standard InChI is InChI=1S/C9H12N2O2.C9H10O2.C7H6O2/c1-5-3-6(2)8(7(12)4-5)9(13)11-10;1-6-3-7(2)8(5-10)9(11)4-6;8-5-6-3-1-2-4-7(6)9/h3-4,12H,10H2,1-2H3,(H,11,13);3-5,11H,1-2H3;1-5,9H. The Morgan fingerprint density at radius 1 is 0.788 bits per heavy atom. The van der Waals surface area contributed by atoms with Gasteiger partial charge in [-0.2, -0.15) is 0 Å². The summed E-state index contributed by atoms with van der Waals surface area (Å²) < 4.78 is 0. The first-order chi connectivity index (χ1) is 15.5. The number of nitrogen functional groups attached to an aromatic ring is 1. The van der Waals surface area contributed by atoms with Crippen LogP contribution in [0.4, 0.5) is 0 Å². The molecule has 1 amide bonds. The van der Waals surface area contributed by atoms with Gasteiger partial charge >= 0.3 is 0 Å². The Hall–Kier alpha value is -4.17. The number of nitrogens with two attached hydrogens (primary N) is 1. The average molecular weight is 453 g/mol. The van der Waals surface area contributed by atoms with Gasteiger partial charge in [-0.25, -0.2) is 5.84 Å². The molecule has 33 heavy (non-hydrogen) atoms. The number of phenolic OH excluding ortho intramolecular Hbond substituents is 3. The predicted octanol–water partition coefficient (Wildman–Crippen LogP) is 3.64. The minimum atomic E-state index is -0.477. The van der Waals surface area contributed by atoms with Crippen LogP contribution in [0.5, 0.6) is 17.2 Å². The van der Waals surface area contributed by atoms with E-state index < -0.39 is 5.91 Å². The lowest BCUT2D eigenvalue weighted by molar-refractivity contribution is 0.0949. The summed E-state index contributed by atoms with van der Waals surface area (Å²) in [6.45, 7) is 7.27. The van der Waals surface area contributed by atoms with Gasteiger partial charge in [-0.15, -0.1) is 0 Å². The minimum absolute atomic E-state index is 0.0347. The van der Waals surface area contributed by atoms with E-state index in [9.17, 15) is 24.6 Å². The molecule has 8 heteroatoms. The quantitative estimate of drug-likeness (QED) is 0.176. The molecule has 0 aliphatic carbocycles. The topological polar surface area (TPSA) is 150 Å². The lowest BCUT2D eigenvalue weighted by Gasteiger charge is -2.07. The number of carbonyl (C=O) groups excluding carboxylic acids is 3. The van der Waals surface area contributed by atoms with E-state index in [0.717, 1.165) is 16.7 Å². The number of aromatic hydroxyl groups is 3. The van der Waals surface area contributed by atoms with Crippen LogP contribution in [0, 0.1) is 27.7 Å². The van der Waals surface area contributed by atoms with E-state index in [1.807, 2.05) is 31.4 Å². The number of hydrazine groups is 1. The highest BCUT2D eigenvalue weighted by atomic mass is 16.3. The summed E-state index contributed by atoms with van der Waals surface area (Å²) in [7, 11) is 0. The first-order valence-electron chi connectivity index (χ1n) is 9.85. The lowest BCUT2D eigenvalue weighted by Crippen LogP contribution is -2.30. The first-order valence-corrected chi connectivity index (χ1v) is 9.85. The molecule has 0 aliphatic rings. The van der Waals surface area contributed by atoms with Crippen molar-refractivity contribution in [2.24, 2.45) is 5.84 Å². The third kappa shape index (κ3) is 7.79. The zero-order valence-electron chi connectivity index (χ0n) is 18.9. The van der Waals surface area contributed by atoms with Crippen molar-refractivity contribution in [1.29, 1.82) is 0 Å². The summed E-state index contributed by atoms with van der Waals surface area (Å²) >= 11 is 0. The highest BCUT2D eigenvalue weighted by molar-refractivity contribution is 5.98. The Balaban J connectivity index is 0.000000252. The van der Waals surface area contributed by atoms with Crippen molar-refractivity contribution in [2.45, 2.75) is 27.7 Å². The number of para-hydroxylation sites is 1. The Kier molecular flexibility index (Phi) is 10.3. The van der Waals surface area contributed by atoms with Crippen LogP contribution < -0.4 is 11.3 Å². The summed E-state index contributed by atoms with van der Waals surface area (Å²) in [6.07, 6.45) is 1.29. The molecule has 0 spiro atoms. The zero-order chi connectivity index (χ0) is 25.1. The van der Waals surface area contributed by atoms with E-state index in [0.29, 0.717) is 29.3 Å². The predicted molar refractivity (Wildman–Crippen MR) is 126 cm³/mol. The van der Waals surface area contributed by atoms with E-state index in [2.05, 4.69) is 0 Å². The van der Waals surface area contributed by atoms with Crippen LogP contribution in [0.25, 0.3) is 0 Å². The van der Waals surface area contributed by atoms with Crippen molar-refractivity contribution >= 4 is 18.5 Å². The van der Waals surface area contributed by atoms with Gasteiger partial charge in [0.1, 0.15) is 17.2 Å². The molecule has 0 saturated carbocycles. The van der Waals surface area contributed by atoms with Crippen molar-refractivity contribution in [1.82, 2.24) is 5.43 Å². The highest BCUT2D eigenvalue weighted by Crippen LogP contribution is 2.22. The number of hydrogen-bond donors (Lipinski definition) is 5. The number of benzene rings is 3. The maximum Gasteiger partial charge on any atom is 0.269 e. The second-order valence-electron chi connectivity index (χ2n) is 7.26. The molecule has 3 aromatic rings. The van der Waals surface area contributed by atoms with Gasteiger partial charge in [-0.3, -0.25) is 19.8 Å². The molecule has 0 atom stereocenters. The lowest BCUT2D eigenvalue weighted by atomic mass is 10.0. The average Bonchev–Trinajstić information content (AvgIpc) is 2.74. The molecule has 3 rings (SSSR count). The normalized spacial score (nSPS) is 9.48. The van der Waals surface area contributed by atoms with Crippen molar-refractivity contribution in [3.8, 4) is 17.2 Å². The van der Waals surface area contributed by atoms with Gasteiger partial charge in [0, 0.05) is 0 Å². The van der Waals surface area contributed by atoms with Crippen LogP contribution >= 0.6 is 0 Å². The van der Waals surface area contributed by atoms with E-state index in [1.54, 1.807) is 38.1 Å². The molecule has 0 fully saturated rings. The Morgan fingerprint density at radius 2 is 1.33 bits per heavy atom. The SMILES string of the molecule is Cc1cc(C)c(C(=O)NN)c(O)c1.Cc1cc(C)c(C=O)c(O)c1.O=Cc1ccccc1O. The molecule has 0 radical (unpaired) electrons. The van der Waals surface area contributed by atoms with Crippen LogP contribution in [0.3, 0.4) is 0 Å². The summed E-state index contributed by atoms with van der Waals surface area (Å²) in [6, 6.07) is 13.2. The van der Waals surface area contributed by atoms with Crippen LogP contribution in [-0.4, -0.2) is 33.8 Å². The van der Waals surface area contributed by atoms with Gasteiger partial charge in [-0.05, 0) is 74.2 Å². The molecule has 0 heterocycles. The molecule has 8 nitrogen and oxygen atoms in total. The smallest absolute Gasteiger partial charge is 0.269 e. The second kappa shape index (κ2) is 12.6. The zero-order valence-corrected chi connectivity index (χ0v) is 18.9. The Bertz CT molecular complexity index is 1100. The molecule has 6 N–H and O–H groups in total. The maximum atomic E-state index is 11.2. The van der Waals surface area contributed by atoms with E-state index in [4.69, 9.17) is 10.9 Å². The number of aldehydes is 2. The number of rotatable bonds is 3. The fraction of sp³-hybridized carbons (Fsp3) is 0.160. The van der Waals surface area contributed by atoms with Crippen molar-refractivity contribution in [3.63, 3.8) is 0 Å². The molecular weight excluding hydrogens is 424 g/mol. The number of phenols is 3. The molecule has 0 unspecified atom stereocenters. The van der Waals surface area contributed by atoms with Crippen LogP contribution in [0.2, 0.25) is 0 Å². The van der Waals surface area contributed by atoms with Gasteiger partial charge in [0.2, 0.25) is 0 Å². The largest absolute Gasteiger partial charge is 0.507 e. The summed E-state index contributed by atoms with van der Waals surface area (Å²) in [4.78, 5) is 31.6. The first kappa shape index (κ1) is 26.9. The number of carbonyl (C=O) groups is 3. The van der Waals surface area contributed by atoms with Crippen LogP contribution in [0.15, 0.2) is 48.5 Å². The molecule has 174 valence electrons. The van der Waals surface area contributed by atoms with Crippen LogP contribution in [-0.2, 0) is 0 Å². The van der Waals surface area contributed by atoms with Gasteiger partial charge < -0.3 is 15.3 Å². The monoisotopic (exact) mass is 452 g/mol. The molecule has 0 saturated heterocycles. The van der Waals surface area contributed by atoms with Gasteiger partial charge in [0.25, 0.3) is 5.91 Å². The van der Waals surface area contributed by atoms with E-state index in [-0.39, 0.29) is 22.8 Å². The molecule has 0 aromatic heterocycles. The maximum absolute atomic E-state index is 11.2. The summed E-state index contributed by atoms with van der Waals surface area (Å²) in [5.74, 6) is 4.55. The minimum Gasteiger partial charge on any atom is -0.507 e. The highest BCUT2D eigenvalue weighted by Gasteiger charge is 2.13.